The van der Waals surface area contributed by atoms with Crippen molar-refractivity contribution in [1.29, 1.82) is 0 Å². The van der Waals surface area contributed by atoms with Crippen LogP contribution in [-0.4, -0.2) is 40.3 Å². The van der Waals surface area contributed by atoms with Gasteiger partial charge in [-0.2, -0.15) is 5.21 Å². The number of aromatic amines is 1. The number of aromatic nitrogens is 7. The van der Waals surface area contributed by atoms with Gasteiger partial charge in [0, 0.05) is 29.9 Å². The van der Waals surface area contributed by atoms with Crippen LogP contribution in [0, 0.1) is 10.1 Å². The largest absolute Gasteiger partial charge is 0.478 e. The smallest absolute Gasteiger partial charge is 0.269 e. The molecule has 0 aliphatic heterocycles. The van der Waals surface area contributed by atoms with E-state index in [-0.39, 0.29) is 5.69 Å². The van der Waals surface area contributed by atoms with Crippen molar-refractivity contribution in [3.63, 3.8) is 0 Å². The summed E-state index contributed by atoms with van der Waals surface area (Å²) in [6, 6.07) is 24.3. The van der Waals surface area contributed by atoms with E-state index in [4.69, 9.17) is 4.74 Å². The summed E-state index contributed by atoms with van der Waals surface area (Å²) in [5, 5.41) is 35.2. The van der Waals surface area contributed by atoms with Gasteiger partial charge in [0.15, 0.2) is 11.3 Å². The molecule has 0 fully saturated rings. The molecule has 3 aromatic carbocycles. The number of aryl methyl sites for hydroxylation is 1. The highest BCUT2D eigenvalue weighted by Crippen LogP contribution is 2.28. The van der Waals surface area contributed by atoms with Gasteiger partial charge in [0.05, 0.1) is 11.5 Å². The fourth-order valence-electron chi connectivity index (χ4n) is 4.14. The molecule has 12 heteroatoms. The summed E-state index contributed by atoms with van der Waals surface area (Å²) >= 11 is 1.57. The predicted octanol–water partition coefficient (Wildman–Crippen LogP) is 5.55. The number of nitro groups is 1. The van der Waals surface area contributed by atoms with Crippen LogP contribution in [0.2, 0.25) is 0 Å². The molecule has 1 atom stereocenters. The van der Waals surface area contributed by atoms with Crippen molar-refractivity contribution >= 4 is 17.4 Å². The molecule has 5 rings (SSSR count). The van der Waals surface area contributed by atoms with E-state index in [2.05, 4.69) is 42.3 Å². The molecule has 2 aromatic heterocycles. The van der Waals surface area contributed by atoms with Crippen molar-refractivity contribution in [3.05, 3.63) is 117 Å². The van der Waals surface area contributed by atoms with Crippen molar-refractivity contribution in [1.82, 2.24) is 35.4 Å². The third-order valence-corrected chi connectivity index (χ3v) is 7.32. The Balaban J connectivity index is 1.31. The van der Waals surface area contributed by atoms with E-state index in [1.165, 1.54) is 12.1 Å². The standard InChI is InChI=1S/C28H28N8O3S/c1-2-3-9-25-29-32-28(40-19-21-10-14-23(15-11-21)36(37)38)35(25)18-20-12-16-24(17-13-20)39-26(27-30-33-34-31-27)22-7-5-4-6-8-22/h4-8,10-17,26H,2-3,9,18-19H2,1H3,(H,30,31,33,34). The van der Waals surface area contributed by atoms with Gasteiger partial charge in [0.25, 0.3) is 5.69 Å². The van der Waals surface area contributed by atoms with Crippen LogP contribution in [0.3, 0.4) is 0 Å². The Morgan fingerprint density at radius 3 is 2.40 bits per heavy atom. The molecular weight excluding hydrogens is 528 g/mol. The molecule has 0 saturated heterocycles. The van der Waals surface area contributed by atoms with Gasteiger partial charge < -0.3 is 9.30 Å². The Kier molecular flexibility index (Phi) is 8.76. The van der Waals surface area contributed by atoms with Gasteiger partial charge in [0.2, 0.25) is 5.82 Å². The van der Waals surface area contributed by atoms with Gasteiger partial charge in [0.1, 0.15) is 11.6 Å². The molecule has 0 radical (unpaired) electrons. The number of hydrogen-bond donors (Lipinski definition) is 1. The second kappa shape index (κ2) is 13.0. The average molecular weight is 557 g/mol. The second-order valence-corrected chi connectivity index (χ2v) is 10.1. The third-order valence-electron chi connectivity index (χ3n) is 6.28. The van der Waals surface area contributed by atoms with Crippen molar-refractivity contribution in [3.8, 4) is 5.75 Å². The molecule has 0 saturated carbocycles. The number of nitrogens with one attached hydrogen (secondary N) is 1. The number of hydrogen-bond acceptors (Lipinski definition) is 9. The summed E-state index contributed by atoms with van der Waals surface area (Å²) in [7, 11) is 0. The van der Waals surface area contributed by atoms with Gasteiger partial charge in [-0.05, 0) is 29.7 Å². The Bertz CT molecular complexity index is 1510. The first-order chi connectivity index (χ1) is 19.6. The zero-order valence-electron chi connectivity index (χ0n) is 21.9. The van der Waals surface area contributed by atoms with Crippen molar-refractivity contribution in [2.75, 3.05) is 0 Å². The van der Waals surface area contributed by atoms with Crippen LogP contribution in [0.25, 0.3) is 0 Å². The fraction of sp³-hybridized carbons (Fsp3) is 0.250. The molecule has 0 spiro atoms. The Morgan fingerprint density at radius 2 is 1.73 bits per heavy atom. The summed E-state index contributed by atoms with van der Waals surface area (Å²) in [6.07, 6.45) is 2.43. The molecule has 5 aromatic rings. The summed E-state index contributed by atoms with van der Waals surface area (Å²) in [5.74, 6) is 2.71. The second-order valence-electron chi connectivity index (χ2n) is 9.12. The molecule has 2 heterocycles. The van der Waals surface area contributed by atoms with E-state index in [9.17, 15) is 10.1 Å². The topological polar surface area (TPSA) is 138 Å². The number of nitrogens with zero attached hydrogens (tertiary/aromatic N) is 7. The highest BCUT2D eigenvalue weighted by molar-refractivity contribution is 7.98. The van der Waals surface area contributed by atoms with E-state index < -0.39 is 11.0 Å². The number of non-ortho nitro benzene ring substituents is 1. The highest BCUT2D eigenvalue weighted by Gasteiger charge is 2.21. The van der Waals surface area contributed by atoms with E-state index in [0.717, 1.165) is 46.9 Å². The lowest BCUT2D eigenvalue weighted by atomic mass is 10.1. The summed E-state index contributed by atoms with van der Waals surface area (Å²) in [4.78, 5) is 10.6. The highest BCUT2D eigenvalue weighted by atomic mass is 32.2. The summed E-state index contributed by atoms with van der Waals surface area (Å²) in [5.41, 5.74) is 3.07. The number of nitro benzene ring substituents is 1. The normalized spacial score (nSPS) is 11.8. The summed E-state index contributed by atoms with van der Waals surface area (Å²) in [6.45, 7) is 2.77. The average Bonchev–Trinajstić information content (AvgIpc) is 3.66. The minimum Gasteiger partial charge on any atom is -0.478 e. The van der Waals surface area contributed by atoms with E-state index in [1.54, 1.807) is 23.9 Å². The number of unbranched alkanes of at least 4 members (excludes halogenated alkanes) is 1. The Labute approximate surface area is 235 Å². The van der Waals surface area contributed by atoms with Crippen LogP contribution in [0.4, 0.5) is 5.69 Å². The third kappa shape index (κ3) is 6.70. The molecule has 40 heavy (non-hydrogen) atoms. The molecule has 0 aliphatic carbocycles. The van der Waals surface area contributed by atoms with E-state index >= 15 is 0 Å². The van der Waals surface area contributed by atoms with Gasteiger partial charge in [-0.25, -0.2) is 0 Å². The first-order valence-corrected chi connectivity index (χ1v) is 13.9. The maximum atomic E-state index is 11.0. The van der Waals surface area contributed by atoms with Gasteiger partial charge >= 0.3 is 0 Å². The zero-order chi connectivity index (χ0) is 27.7. The first-order valence-electron chi connectivity index (χ1n) is 12.9. The number of benzene rings is 3. The molecule has 1 unspecified atom stereocenters. The van der Waals surface area contributed by atoms with Crippen LogP contribution >= 0.6 is 11.8 Å². The molecular formula is C28H28N8O3S. The monoisotopic (exact) mass is 556 g/mol. The minimum atomic E-state index is -0.494. The lowest BCUT2D eigenvalue weighted by molar-refractivity contribution is -0.384. The number of rotatable bonds is 13. The lowest BCUT2D eigenvalue weighted by Gasteiger charge is -2.17. The van der Waals surface area contributed by atoms with Crippen LogP contribution < -0.4 is 4.74 Å². The number of thioether (sulfide) groups is 1. The predicted molar refractivity (Wildman–Crippen MR) is 150 cm³/mol. The lowest BCUT2D eigenvalue weighted by Crippen LogP contribution is -2.11. The molecule has 0 bridgehead atoms. The minimum absolute atomic E-state index is 0.0820. The summed E-state index contributed by atoms with van der Waals surface area (Å²) < 4.78 is 8.43. The van der Waals surface area contributed by atoms with Crippen LogP contribution in [0.1, 0.15) is 54.2 Å². The van der Waals surface area contributed by atoms with E-state index in [1.807, 2.05) is 54.6 Å². The van der Waals surface area contributed by atoms with Gasteiger partial charge in [-0.3, -0.25) is 10.1 Å². The molecule has 204 valence electrons. The molecule has 1 N–H and O–H groups in total. The van der Waals surface area contributed by atoms with Crippen molar-refractivity contribution in [2.24, 2.45) is 0 Å². The maximum Gasteiger partial charge on any atom is 0.269 e. The Morgan fingerprint density at radius 1 is 0.975 bits per heavy atom. The number of tetrazole rings is 1. The SMILES string of the molecule is CCCCc1nnc(SCc2ccc([N+](=O)[O-])cc2)n1Cc1ccc(OC(c2ccccc2)c2nn[nH]n2)cc1. The Hall–Kier alpha value is -4.58. The van der Waals surface area contributed by atoms with Crippen LogP contribution in [0.5, 0.6) is 5.75 Å². The molecule has 0 amide bonds. The van der Waals surface area contributed by atoms with Crippen LogP contribution in [-0.2, 0) is 18.7 Å². The van der Waals surface area contributed by atoms with Crippen molar-refractivity contribution in [2.45, 2.75) is 49.7 Å². The molecule has 0 aliphatic rings. The van der Waals surface area contributed by atoms with Crippen LogP contribution in [0.15, 0.2) is 84.0 Å². The van der Waals surface area contributed by atoms with Gasteiger partial charge in [-0.1, -0.05) is 84.9 Å². The quantitative estimate of drug-likeness (QED) is 0.112. The zero-order valence-corrected chi connectivity index (χ0v) is 22.7. The van der Waals surface area contributed by atoms with Gasteiger partial charge in [-0.15, -0.1) is 20.4 Å². The fourth-order valence-corrected chi connectivity index (χ4v) is 5.05. The molecule has 11 nitrogen and oxygen atoms in total. The van der Waals surface area contributed by atoms with E-state index in [0.29, 0.717) is 23.9 Å². The van der Waals surface area contributed by atoms with Crippen molar-refractivity contribution < 1.29 is 9.66 Å². The number of ether oxygens (including phenoxy) is 1. The maximum absolute atomic E-state index is 11.0. The first kappa shape index (κ1) is 27.0. The number of H-pyrrole nitrogens is 1.